The van der Waals surface area contributed by atoms with Gasteiger partial charge in [-0.2, -0.15) is 0 Å². The van der Waals surface area contributed by atoms with E-state index >= 15 is 0 Å². The Hall–Kier alpha value is 3.04. The van der Waals surface area contributed by atoms with E-state index in [1.807, 2.05) is 0 Å². The molecule has 0 heterocycles. The Balaban J connectivity index is -0.0000000183. The third-order valence-corrected chi connectivity index (χ3v) is 0. The second kappa shape index (κ2) is 25.1. The Morgan fingerprint density at radius 3 is 0.280 bits per heavy atom. The van der Waals surface area contributed by atoms with Crippen LogP contribution in [0.5, 0.6) is 0 Å². The molecule has 25 heteroatoms. The van der Waals surface area contributed by atoms with Crippen LogP contribution >= 0.6 is 31.3 Å². The molecule has 0 saturated carbocycles. The molecular weight excluding hydrogens is 655 g/mol. The average molecular weight is 667 g/mol. The average Bonchev–Trinajstić information content (AvgIpc) is 1.62. The van der Waals surface area contributed by atoms with Crippen molar-refractivity contribution in [2.75, 3.05) is 0 Å². The molecule has 5 radical (unpaired) electrons. The number of phosphoric acid groups is 4. The van der Waals surface area contributed by atoms with Crippen molar-refractivity contribution in [2.45, 2.75) is 0 Å². The first kappa shape index (κ1) is 56.6. The molecule has 0 atom stereocenters. The molecule has 12 N–H and O–H groups in total. The van der Waals surface area contributed by atoms with E-state index in [0.29, 0.717) is 0 Å². The Morgan fingerprint density at radius 1 is 0.280 bits per heavy atom. The Morgan fingerprint density at radius 2 is 0.280 bits per heavy atom. The molecule has 0 spiro atoms. The summed E-state index contributed by atoms with van der Waals surface area (Å²) in [5.41, 5.74) is 0. The van der Waals surface area contributed by atoms with Gasteiger partial charge < -0.3 is 58.7 Å². The molecule has 0 saturated heterocycles. The molecule has 0 aromatic heterocycles. The predicted molar refractivity (Wildman–Crippen MR) is 57.1 cm³/mol. The molecule has 0 amide bonds. The summed E-state index contributed by atoms with van der Waals surface area (Å²) in [6, 6.07) is 0. The van der Waals surface area contributed by atoms with Gasteiger partial charge in [0.05, 0.1) is 0 Å². The van der Waals surface area contributed by atoms with Crippen LogP contribution in [0.1, 0.15) is 0 Å². The summed E-state index contributed by atoms with van der Waals surface area (Å²) in [5, 5.41) is 0. The maximum Gasteiger partial charge on any atom is 0.466 e. The minimum Gasteiger partial charge on any atom is -0.303 e. The van der Waals surface area contributed by atoms with E-state index in [9.17, 15) is 0 Å². The van der Waals surface area contributed by atoms with Crippen molar-refractivity contribution in [1.29, 1.82) is 0 Å². The second-order valence-electron chi connectivity index (χ2n) is 2.05. The summed E-state index contributed by atoms with van der Waals surface area (Å²) in [6.07, 6.45) is 0. The summed E-state index contributed by atoms with van der Waals surface area (Å²) < 4.78 is 35.5. The van der Waals surface area contributed by atoms with Gasteiger partial charge in [-0.05, 0) is 0 Å². The van der Waals surface area contributed by atoms with Crippen LogP contribution in [0.2, 0.25) is 0 Å². The molecular formula is H12Mn5O16P4. The molecule has 0 unspecified atom stereocenters. The first-order valence-electron chi connectivity index (χ1n) is 3.13. The van der Waals surface area contributed by atoms with Gasteiger partial charge in [-0.1, -0.05) is 0 Å². The topological polar surface area (TPSA) is 311 Å². The standard InChI is InChI=1S/5Mn.4H3O4P/c;;;;;4*1-5(2,3)4/h;;;;;4*(H3,1,2,3,4). The van der Waals surface area contributed by atoms with Crippen LogP contribution in [0.25, 0.3) is 0 Å². The summed E-state index contributed by atoms with van der Waals surface area (Å²) >= 11 is 0. The van der Waals surface area contributed by atoms with Gasteiger partial charge in [-0.15, -0.1) is 0 Å². The number of hydrogen-bond acceptors (Lipinski definition) is 4. The monoisotopic (exact) mass is 667 g/mol. The molecule has 163 valence electrons. The normalized spacial score (nSPS) is 9.44. The molecule has 25 heavy (non-hydrogen) atoms. The largest absolute Gasteiger partial charge is 0.466 e. The second-order valence-corrected chi connectivity index (χ2v) is 6.16. The molecule has 0 bridgehead atoms. The molecule has 0 aliphatic rings. The fourth-order valence-corrected chi connectivity index (χ4v) is 0. The summed E-state index contributed by atoms with van der Waals surface area (Å²) in [6.45, 7) is 0. The van der Waals surface area contributed by atoms with E-state index < -0.39 is 31.3 Å². The molecule has 0 rings (SSSR count). The van der Waals surface area contributed by atoms with Crippen molar-refractivity contribution in [3.8, 4) is 0 Å². The van der Waals surface area contributed by atoms with Crippen LogP contribution in [-0.2, 0) is 104 Å². The van der Waals surface area contributed by atoms with Crippen LogP contribution in [-0.4, -0.2) is 58.7 Å². The fourth-order valence-electron chi connectivity index (χ4n) is 0. The summed E-state index contributed by atoms with van der Waals surface area (Å²) in [5.74, 6) is 0. The molecule has 0 aliphatic carbocycles. The third kappa shape index (κ3) is 1840. The fraction of sp³-hybridized carbons (Fsp3) is 0. The van der Waals surface area contributed by atoms with Crippen LogP contribution < -0.4 is 0 Å². The van der Waals surface area contributed by atoms with Crippen molar-refractivity contribution in [1.82, 2.24) is 0 Å². The van der Waals surface area contributed by atoms with E-state index in [2.05, 4.69) is 0 Å². The van der Waals surface area contributed by atoms with Crippen LogP contribution in [0.15, 0.2) is 0 Å². The van der Waals surface area contributed by atoms with Gasteiger partial charge in [-0.25, -0.2) is 18.3 Å². The van der Waals surface area contributed by atoms with Crippen molar-refractivity contribution in [3.63, 3.8) is 0 Å². The summed E-state index contributed by atoms with van der Waals surface area (Å²) in [7, 11) is -18.6. The van der Waals surface area contributed by atoms with Crippen LogP contribution in [0.3, 0.4) is 0 Å². The SMILES string of the molecule is O=P(O)(O)O.O=P(O)(O)O.O=P(O)(O)O.O=P(O)(O)O.[Mn].[Mn].[Mn].[Mn].[Mn]. The van der Waals surface area contributed by atoms with Crippen LogP contribution in [0, 0.1) is 0 Å². The Bertz CT molecular complexity index is 297. The Kier molecular flexibility index (Phi) is 56.7. The molecule has 0 aromatic rings. The van der Waals surface area contributed by atoms with Crippen LogP contribution in [0.4, 0.5) is 0 Å². The smallest absolute Gasteiger partial charge is 0.303 e. The van der Waals surface area contributed by atoms with Gasteiger partial charge >= 0.3 is 31.3 Å². The minimum atomic E-state index is -4.64. The predicted octanol–water partition coefficient (Wildman–Crippen LogP) is -3.73. The first-order valence-corrected chi connectivity index (χ1v) is 9.39. The van der Waals surface area contributed by atoms with E-state index in [1.54, 1.807) is 0 Å². The molecule has 0 fully saturated rings. The van der Waals surface area contributed by atoms with Gasteiger partial charge in [-0.3, -0.25) is 0 Å². The third-order valence-electron chi connectivity index (χ3n) is 0. The van der Waals surface area contributed by atoms with Crippen molar-refractivity contribution in [3.05, 3.63) is 0 Å². The zero-order chi connectivity index (χ0) is 18.0. The van der Waals surface area contributed by atoms with Gasteiger partial charge in [0.1, 0.15) is 0 Å². The zero-order valence-electron chi connectivity index (χ0n) is 10.7. The Labute approximate surface area is 192 Å². The van der Waals surface area contributed by atoms with Gasteiger partial charge in [0, 0.05) is 85.3 Å². The zero-order valence-corrected chi connectivity index (χ0v) is 20.2. The van der Waals surface area contributed by atoms with E-state index in [4.69, 9.17) is 77.0 Å². The first-order chi connectivity index (χ1) is 8.00. The molecule has 0 aliphatic heterocycles. The van der Waals surface area contributed by atoms with Crippen molar-refractivity contribution in [2.24, 2.45) is 0 Å². The molecule has 16 nitrogen and oxygen atoms in total. The maximum atomic E-state index is 8.88. The molecule has 0 aromatic carbocycles. The quantitative estimate of drug-likeness (QED) is 0.0873. The number of hydrogen-bond donors (Lipinski definition) is 12. The number of rotatable bonds is 0. The maximum absolute atomic E-state index is 8.88. The van der Waals surface area contributed by atoms with Gasteiger partial charge in [0.25, 0.3) is 0 Å². The van der Waals surface area contributed by atoms with Crippen molar-refractivity contribution < 1.29 is 162 Å². The van der Waals surface area contributed by atoms with Gasteiger partial charge in [0.15, 0.2) is 0 Å². The summed E-state index contributed by atoms with van der Waals surface area (Å²) in [4.78, 5) is 86.2. The van der Waals surface area contributed by atoms with Gasteiger partial charge in [0.2, 0.25) is 0 Å². The van der Waals surface area contributed by atoms with E-state index in [0.717, 1.165) is 0 Å². The van der Waals surface area contributed by atoms with Crippen molar-refractivity contribution >= 4 is 31.3 Å². The minimum absolute atomic E-state index is 0. The van der Waals surface area contributed by atoms with E-state index in [-0.39, 0.29) is 85.3 Å². The van der Waals surface area contributed by atoms with E-state index in [1.165, 1.54) is 0 Å².